The van der Waals surface area contributed by atoms with Crippen LogP contribution in [0.5, 0.6) is 0 Å². The van der Waals surface area contributed by atoms with Crippen LogP contribution in [0.15, 0.2) is 0 Å². The lowest BCUT2D eigenvalue weighted by Gasteiger charge is -2.53. The lowest BCUT2D eigenvalue weighted by molar-refractivity contribution is -0.278. The fraction of sp³-hybridized carbons (Fsp3) is 0.889. The molecule has 6 heteroatoms. The third kappa shape index (κ3) is 3.24. The van der Waals surface area contributed by atoms with Gasteiger partial charge in [-0.15, -0.1) is 0 Å². The van der Waals surface area contributed by atoms with E-state index in [1.165, 1.54) is 0 Å². The molecule has 1 aliphatic heterocycles. The van der Waals surface area contributed by atoms with Crippen LogP contribution in [-0.2, 0) is 23.8 Å². The molecule has 0 aromatic carbocycles. The van der Waals surface area contributed by atoms with Crippen LogP contribution >= 0.6 is 0 Å². The Morgan fingerprint density at radius 2 is 1.62 bits per heavy atom. The van der Waals surface area contributed by atoms with Crippen LogP contribution in [0.3, 0.4) is 0 Å². The second-order valence-electron chi connectivity index (χ2n) is 7.64. The highest BCUT2D eigenvalue weighted by atomic mass is 16.6. The molecule has 0 saturated carbocycles. The van der Waals surface area contributed by atoms with Gasteiger partial charge in [0.05, 0.1) is 18.8 Å². The Hall–Kier alpha value is -0.980. The van der Waals surface area contributed by atoms with E-state index in [0.717, 1.165) is 0 Å². The van der Waals surface area contributed by atoms with Gasteiger partial charge >= 0.3 is 5.97 Å². The van der Waals surface area contributed by atoms with Gasteiger partial charge in [0, 0.05) is 0 Å². The van der Waals surface area contributed by atoms with Crippen molar-refractivity contribution in [2.45, 2.75) is 84.9 Å². The Bertz CT molecular complexity index is 470. The van der Waals surface area contributed by atoms with Gasteiger partial charge in [-0.1, -0.05) is 27.7 Å². The summed E-state index contributed by atoms with van der Waals surface area (Å²) < 4.78 is 17.6. The van der Waals surface area contributed by atoms with E-state index in [-0.39, 0.29) is 30.7 Å². The van der Waals surface area contributed by atoms with Crippen molar-refractivity contribution in [3.05, 3.63) is 0 Å². The fourth-order valence-electron chi connectivity index (χ4n) is 3.65. The maximum atomic E-state index is 12.5. The summed E-state index contributed by atoms with van der Waals surface area (Å²) in [7, 11) is 0. The maximum Gasteiger partial charge on any atom is 0.378 e. The first-order valence-corrected chi connectivity index (χ1v) is 8.67. The number of ketones is 1. The standard InChI is InChI=1S/C18H32O6/c1-10(2)17(9-19,23-13(7)8)18(11(3)4)15(22-12(5)6)14(20)16(21)24-18/h10-13,15,19H,9H2,1-8H3/t15?,17-,18+/m1/s1. The van der Waals surface area contributed by atoms with Crippen molar-refractivity contribution in [3.63, 3.8) is 0 Å². The molecule has 0 spiro atoms. The van der Waals surface area contributed by atoms with Crippen LogP contribution < -0.4 is 0 Å². The first kappa shape index (κ1) is 21.1. The molecule has 0 amide bonds. The number of hydrogen-bond acceptors (Lipinski definition) is 6. The fourth-order valence-corrected chi connectivity index (χ4v) is 3.65. The van der Waals surface area contributed by atoms with Gasteiger partial charge in [0.15, 0.2) is 11.7 Å². The second-order valence-corrected chi connectivity index (χ2v) is 7.64. The number of cyclic esters (lactones) is 1. The lowest BCUT2D eigenvalue weighted by Crippen LogP contribution is -2.70. The summed E-state index contributed by atoms with van der Waals surface area (Å²) in [5, 5.41) is 10.3. The molecule has 0 aromatic rings. The number of aliphatic hydroxyl groups is 1. The van der Waals surface area contributed by atoms with E-state index in [4.69, 9.17) is 14.2 Å². The summed E-state index contributed by atoms with van der Waals surface area (Å²) in [5.41, 5.74) is -2.64. The number of Topliss-reactive ketones (excluding diaryl/α,β-unsaturated/α-hetero) is 1. The Balaban J connectivity index is 3.65. The quantitative estimate of drug-likeness (QED) is 0.536. The van der Waals surface area contributed by atoms with Crippen LogP contribution in [0.25, 0.3) is 0 Å². The summed E-state index contributed by atoms with van der Waals surface area (Å²) in [6.45, 7) is 14.3. The average molecular weight is 344 g/mol. The third-order valence-corrected chi connectivity index (χ3v) is 4.63. The van der Waals surface area contributed by atoms with Gasteiger partial charge < -0.3 is 19.3 Å². The normalized spacial score (nSPS) is 27.5. The molecule has 0 bridgehead atoms. The van der Waals surface area contributed by atoms with E-state index in [1.807, 2.05) is 41.5 Å². The monoisotopic (exact) mass is 344 g/mol. The molecule has 0 aromatic heterocycles. The highest BCUT2D eigenvalue weighted by Crippen LogP contribution is 2.49. The zero-order chi connectivity index (χ0) is 18.9. The minimum absolute atomic E-state index is 0.218. The molecule has 1 rings (SSSR count). The van der Waals surface area contributed by atoms with E-state index in [2.05, 4.69) is 0 Å². The number of carbonyl (C=O) groups is 2. The van der Waals surface area contributed by atoms with Crippen LogP contribution in [0, 0.1) is 11.8 Å². The van der Waals surface area contributed by atoms with E-state index < -0.39 is 29.1 Å². The smallest absolute Gasteiger partial charge is 0.378 e. The molecule has 24 heavy (non-hydrogen) atoms. The molecule has 0 radical (unpaired) electrons. The zero-order valence-corrected chi connectivity index (χ0v) is 16.1. The maximum absolute atomic E-state index is 12.5. The lowest BCUT2D eigenvalue weighted by atomic mass is 9.66. The third-order valence-electron chi connectivity index (χ3n) is 4.63. The highest BCUT2D eigenvalue weighted by molar-refractivity contribution is 6.37. The Morgan fingerprint density at radius 1 is 1.08 bits per heavy atom. The van der Waals surface area contributed by atoms with Crippen molar-refractivity contribution >= 4 is 11.8 Å². The average Bonchev–Trinajstić information content (AvgIpc) is 2.69. The van der Waals surface area contributed by atoms with Crippen molar-refractivity contribution in [1.29, 1.82) is 0 Å². The van der Waals surface area contributed by atoms with Crippen molar-refractivity contribution in [3.8, 4) is 0 Å². The van der Waals surface area contributed by atoms with Crippen molar-refractivity contribution < 1.29 is 28.9 Å². The Kier molecular flexibility index (Phi) is 6.58. The van der Waals surface area contributed by atoms with Crippen LogP contribution in [0.2, 0.25) is 0 Å². The molecule has 1 heterocycles. The first-order chi connectivity index (χ1) is 11.0. The molecule has 0 aliphatic carbocycles. The van der Waals surface area contributed by atoms with Crippen LogP contribution in [0.1, 0.15) is 55.4 Å². The molecule has 1 unspecified atom stereocenters. The summed E-state index contributed by atoms with van der Waals surface area (Å²) in [6.07, 6.45) is -1.63. The molecule has 1 aliphatic rings. The molecular weight excluding hydrogens is 312 g/mol. The SMILES string of the molecule is CC(C)OC1C(=O)C(=O)O[C@]1(C(C)C)[C@](CO)(OC(C)C)C(C)C. The number of hydrogen-bond donors (Lipinski definition) is 1. The Labute approximate surface area is 144 Å². The molecule has 6 nitrogen and oxygen atoms in total. The second kappa shape index (κ2) is 7.50. The number of esters is 1. The summed E-state index contributed by atoms with van der Waals surface area (Å²) in [4.78, 5) is 24.7. The molecule has 1 fully saturated rings. The van der Waals surface area contributed by atoms with Crippen molar-refractivity contribution in [1.82, 2.24) is 0 Å². The van der Waals surface area contributed by atoms with Gasteiger partial charge in [-0.05, 0) is 39.5 Å². The summed E-state index contributed by atoms with van der Waals surface area (Å²) in [5.74, 6) is -2.17. The largest absolute Gasteiger partial charge is 0.446 e. The van der Waals surface area contributed by atoms with Crippen molar-refractivity contribution in [2.24, 2.45) is 11.8 Å². The number of ether oxygens (including phenoxy) is 3. The van der Waals surface area contributed by atoms with Gasteiger partial charge in [0.2, 0.25) is 0 Å². The predicted molar refractivity (Wildman–Crippen MR) is 89.6 cm³/mol. The topological polar surface area (TPSA) is 82.1 Å². The van der Waals surface area contributed by atoms with E-state index in [9.17, 15) is 14.7 Å². The predicted octanol–water partition coefficient (Wildman–Crippen LogP) is 2.11. The minimum atomic E-state index is -1.39. The summed E-state index contributed by atoms with van der Waals surface area (Å²) >= 11 is 0. The minimum Gasteiger partial charge on any atom is -0.446 e. The van der Waals surface area contributed by atoms with Gasteiger partial charge in [0.1, 0.15) is 5.60 Å². The van der Waals surface area contributed by atoms with Crippen LogP contribution in [-0.4, -0.2) is 53.0 Å². The van der Waals surface area contributed by atoms with Gasteiger partial charge in [-0.2, -0.15) is 0 Å². The number of rotatable bonds is 8. The Morgan fingerprint density at radius 3 is 1.96 bits per heavy atom. The zero-order valence-electron chi connectivity index (χ0n) is 16.1. The van der Waals surface area contributed by atoms with Crippen molar-refractivity contribution in [2.75, 3.05) is 6.61 Å². The first-order valence-electron chi connectivity index (χ1n) is 8.67. The van der Waals surface area contributed by atoms with Gasteiger partial charge in [-0.3, -0.25) is 4.79 Å². The molecular formula is C18H32O6. The number of aliphatic hydroxyl groups excluding tert-OH is 1. The molecule has 140 valence electrons. The van der Waals surface area contributed by atoms with E-state index in [1.54, 1.807) is 13.8 Å². The molecule has 1 saturated heterocycles. The molecule has 1 N–H and O–H groups in total. The number of carbonyl (C=O) groups excluding carboxylic acids is 2. The van der Waals surface area contributed by atoms with E-state index in [0.29, 0.717) is 0 Å². The van der Waals surface area contributed by atoms with Gasteiger partial charge in [0.25, 0.3) is 5.78 Å². The highest BCUT2D eigenvalue weighted by Gasteiger charge is 2.70. The van der Waals surface area contributed by atoms with E-state index >= 15 is 0 Å². The molecule has 3 atom stereocenters. The van der Waals surface area contributed by atoms with Crippen LogP contribution in [0.4, 0.5) is 0 Å². The summed E-state index contributed by atoms with van der Waals surface area (Å²) in [6, 6.07) is 0. The van der Waals surface area contributed by atoms with Gasteiger partial charge in [-0.25, -0.2) is 4.79 Å².